The molecule has 0 spiro atoms. The van der Waals surface area contributed by atoms with Crippen LogP contribution in [0.1, 0.15) is 54.9 Å². The molecule has 0 atom stereocenters. The van der Waals surface area contributed by atoms with Crippen LogP contribution in [-0.2, 0) is 4.74 Å². The molecule has 0 saturated carbocycles. The third-order valence-corrected chi connectivity index (χ3v) is 3.34. The molecule has 0 N–H and O–H groups in total. The van der Waals surface area contributed by atoms with Crippen molar-refractivity contribution in [3.63, 3.8) is 0 Å². The van der Waals surface area contributed by atoms with Gasteiger partial charge in [0.05, 0.1) is 0 Å². The lowest BCUT2D eigenvalue weighted by Gasteiger charge is -2.39. The van der Waals surface area contributed by atoms with Gasteiger partial charge >= 0.3 is 0 Å². The van der Waals surface area contributed by atoms with E-state index in [1.54, 1.807) is 0 Å². The average Bonchev–Trinajstić information content (AvgIpc) is 1.80. The Morgan fingerprint density at radius 1 is 0.929 bits per heavy atom. The van der Waals surface area contributed by atoms with Crippen molar-refractivity contribution in [2.45, 2.75) is 59.8 Å². The monoisotopic (exact) mass is 218 g/mol. The second kappa shape index (κ2) is 4.44. The zero-order chi connectivity index (χ0) is 11.6. The Balaban J connectivity index is 4.02. The lowest BCUT2D eigenvalue weighted by Crippen LogP contribution is -2.32. The molecule has 86 valence electrons. The van der Waals surface area contributed by atoms with Gasteiger partial charge in [0.25, 0.3) is 0 Å². The number of hydrogen-bond acceptors (Lipinski definition) is 2. The smallest absolute Gasteiger partial charge is 0.105 e. The largest absolute Gasteiger partial charge is 0.365 e. The fourth-order valence-electron chi connectivity index (χ4n) is 0.931. The van der Waals surface area contributed by atoms with Gasteiger partial charge in [-0.2, -0.15) is 0 Å². The standard InChI is InChI=1S/C12H26OS/c1-10(2,3)11(4,5)8-9-13-12(6,7)14/h14H,8-9H2,1-7H3. The molecular formula is C12H26OS. The molecule has 0 saturated heterocycles. The van der Waals surface area contributed by atoms with Crippen LogP contribution in [0.3, 0.4) is 0 Å². The van der Waals surface area contributed by atoms with E-state index in [4.69, 9.17) is 4.74 Å². The summed E-state index contributed by atoms with van der Waals surface area (Å²) in [4.78, 5) is -0.312. The van der Waals surface area contributed by atoms with Gasteiger partial charge in [-0.3, -0.25) is 0 Å². The Morgan fingerprint density at radius 2 is 1.36 bits per heavy atom. The van der Waals surface area contributed by atoms with Crippen molar-refractivity contribution in [3.8, 4) is 0 Å². The maximum absolute atomic E-state index is 5.62. The summed E-state index contributed by atoms with van der Waals surface area (Å²) in [5.41, 5.74) is 0.614. The highest BCUT2D eigenvalue weighted by atomic mass is 32.1. The summed E-state index contributed by atoms with van der Waals surface area (Å²) in [5.74, 6) is 0. The van der Waals surface area contributed by atoms with Gasteiger partial charge in [-0.25, -0.2) is 0 Å². The molecule has 0 amide bonds. The number of ether oxygens (including phenoxy) is 1. The first kappa shape index (κ1) is 14.3. The van der Waals surface area contributed by atoms with Crippen LogP contribution >= 0.6 is 12.6 Å². The van der Waals surface area contributed by atoms with E-state index in [0.29, 0.717) is 10.8 Å². The fourth-order valence-corrected chi connectivity index (χ4v) is 1.02. The van der Waals surface area contributed by atoms with E-state index in [0.717, 1.165) is 13.0 Å². The van der Waals surface area contributed by atoms with Crippen molar-refractivity contribution in [1.29, 1.82) is 0 Å². The minimum atomic E-state index is -0.312. The Hall–Kier alpha value is 0.310. The maximum atomic E-state index is 5.62. The molecule has 0 aromatic rings. The zero-order valence-electron chi connectivity index (χ0n) is 10.8. The topological polar surface area (TPSA) is 9.23 Å². The van der Waals surface area contributed by atoms with Gasteiger partial charge < -0.3 is 4.74 Å². The Kier molecular flexibility index (Phi) is 4.54. The van der Waals surface area contributed by atoms with E-state index >= 15 is 0 Å². The van der Waals surface area contributed by atoms with Crippen molar-refractivity contribution in [1.82, 2.24) is 0 Å². The summed E-state index contributed by atoms with van der Waals surface area (Å²) in [6.07, 6.45) is 1.07. The van der Waals surface area contributed by atoms with E-state index in [9.17, 15) is 0 Å². The third kappa shape index (κ3) is 5.26. The van der Waals surface area contributed by atoms with E-state index in [1.807, 2.05) is 13.8 Å². The Morgan fingerprint density at radius 3 is 1.64 bits per heavy atom. The van der Waals surface area contributed by atoms with Gasteiger partial charge in [-0.1, -0.05) is 34.6 Å². The fraction of sp³-hybridized carbons (Fsp3) is 1.00. The van der Waals surface area contributed by atoms with Crippen LogP contribution in [0.15, 0.2) is 0 Å². The van der Waals surface area contributed by atoms with Crippen LogP contribution < -0.4 is 0 Å². The van der Waals surface area contributed by atoms with Gasteiger partial charge in [-0.15, -0.1) is 12.6 Å². The normalized spacial score (nSPS) is 14.6. The van der Waals surface area contributed by atoms with Crippen molar-refractivity contribution < 1.29 is 4.74 Å². The van der Waals surface area contributed by atoms with Gasteiger partial charge in [-0.05, 0) is 31.1 Å². The van der Waals surface area contributed by atoms with Gasteiger partial charge in [0.15, 0.2) is 0 Å². The predicted molar refractivity (Wildman–Crippen MR) is 66.9 cm³/mol. The molecule has 0 bridgehead atoms. The molecule has 0 aromatic heterocycles. The summed E-state index contributed by atoms with van der Waals surface area (Å²) in [6, 6.07) is 0. The van der Waals surface area contributed by atoms with Gasteiger partial charge in [0, 0.05) is 6.61 Å². The third-order valence-electron chi connectivity index (χ3n) is 3.21. The highest BCUT2D eigenvalue weighted by molar-refractivity contribution is 7.81. The quantitative estimate of drug-likeness (QED) is 0.551. The molecular weight excluding hydrogens is 192 g/mol. The van der Waals surface area contributed by atoms with Crippen LogP contribution in [-0.4, -0.2) is 11.5 Å². The Labute approximate surface area is 95.0 Å². The average molecular weight is 218 g/mol. The van der Waals surface area contributed by atoms with Crippen molar-refractivity contribution >= 4 is 12.6 Å². The van der Waals surface area contributed by atoms with Crippen molar-refractivity contribution in [3.05, 3.63) is 0 Å². The number of thiol groups is 1. The van der Waals surface area contributed by atoms with Crippen LogP contribution in [0.5, 0.6) is 0 Å². The first-order chi connectivity index (χ1) is 5.96. The van der Waals surface area contributed by atoms with Crippen LogP contribution in [0.2, 0.25) is 0 Å². The molecule has 2 heteroatoms. The number of rotatable bonds is 4. The lowest BCUT2D eigenvalue weighted by molar-refractivity contribution is 0.0110. The van der Waals surface area contributed by atoms with Crippen LogP contribution in [0, 0.1) is 10.8 Å². The highest BCUT2D eigenvalue weighted by Crippen LogP contribution is 2.40. The molecule has 0 fully saturated rings. The summed E-state index contributed by atoms with van der Waals surface area (Å²) in [5, 5.41) is 0. The summed E-state index contributed by atoms with van der Waals surface area (Å²) in [6.45, 7) is 16.1. The summed E-state index contributed by atoms with van der Waals surface area (Å²) < 4.78 is 5.62. The number of hydrogen-bond donors (Lipinski definition) is 1. The minimum absolute atomic E-state index is 0.298. The first-order valence-corrected chi connectivity index (χ1v) is 5.77. The van der Waals surface area contributed by atoms with E-state index < -0.39 is 0 Å². The van der Waals surface area contributed by atoms with Crippen molar-refractivity contribution in [2.75, 3.05) is 6.61 Å². The second-order valence-corrected chi connectivity index (χ2v) is 7.26. The predicted octanol–water partition coefficient (Wildman–Crippen LogP) is 4.13. The lowest BCUT2D eigenvalue weighted by atomic mass is 9.67. The molecule has 0 aliphatic carbocycles. The SMILES string of the molecule is CC(C)(S)OCCC(C)(C)C(C)(C)C. The molecule has 0 aliphatic rings. The van der Waals surface area contributed by atoms with E-state index in [2.05, 4.69) is 47.2 Å². The van der Waals surface area contributed by atoms with E-state index in [-0.39, 0.29) is 4.93 Å². The van der Waals surface area contributed by atoms with Crippen LogP contribution in [0.25, 0.3) is 0 Å². The molecule has 0 unspecified atom stereocenters. The molecule has 0 aliphatic heterocycles. The van der Waals surface area contributed by atoms with Gasteiger partial charge in [0.1, 0.15) is 4.93 Å². The summed E-state index contributed by atoms with van der Waals surface area (Å²) >= 11 is 4.33. The molecule has 0 rings (SSSR count). The van der Waals surface area contributed by atoms with Crippen molar-refractivity contribution in [2.24, 2.45) is 10.8 Å². The molecule has 0 aromatic carbocycles. The minimum Gasteiger partial charge on any atom is -0.365 e. The van der Waals surface area contributed by atoms with Gasteiger partial charge in [0.2, 0.25) is 0 Å². The molecule has 14 heavy (non-hydrogen) atoms. The summed E-state index contributed by atoms with van der Waals surface area (Å²) in [7, 11) is 0. The molecule has 1 nitrogen and oxygen atoms in total. The van der Waals surface area contributed by atoms with E-state index in [1.165, 1.54) is 0 Å². The molecule has 0 radical (unpaired) electrons. The Bertz CT molecular complexity index is 172. The highest BCUT2D eigenvalue weighted by Gasteiger charge is 2.32. The second-order valence-electron chi connectivity index (χ2n) is 6.18. The maximum Gasteiger partial charge on any atom is 0.105 e. The first-order valence-electron chi connectivity index (χ1n) is 5.32. The zero-order valence-corrected chi connectivity index (χ0v) is 11.7. The molecule has 0 heterocycles. The van der Waals surface area contributed by atoms with Crippen LogP contribution in [0.4, 0.5) is 0 Å².